The van der Waals surface area contributed by atoms with Crippen molar-refractivity contribution in [3.63, 3.8) is 0 Å². The predicted octanol–water partition coefficient (Wildman–Crippen LogP) is 2.96. The van der Waals surface area contributed by atoms with Crippen LogP contribution in [-0.2, 0) is 17.8 Å². The summed E-state index contributed by atoms with van der Waals surface area (Å²) in [4.78, 5) is 4.78. The van der Waals surface area contributed by atoms with Crippen LogP contribution in [0.5, 0.6) is 0 Å². The predicted molar refractivity (Wildman–Crippen MR) is 85.3 cm³/mol. The van der Waals surface area contributed by atoms with Crippen molar-refractivity contribution in [1.29, 1.82) is 0 Å². The Balaban J connectivity index is 1.66. The third kappa shape index (κ3) is 3.44. The Hall–Kier alpha value is -1.39. The molecule has 1 aromatic heterocycles. The van der Waals surface area contributed by atoms with Gasteiger partial charge in [0.05, 0.1) is 24.2 Å². The first-order valence-corrected chi connectivity index (χ1v) is 8.11. The molecule has 2 heterocycles. The number of hydrogen-bond acceptors (Lipinski definition) is 3. The number of benzene rings is 1. The lowest BCUT2D eigenvalue weighted by Crippen LogP contribution is -2.29. The van der Waals surface area contributed by atoms with E-state index in [1.165, 1.54) is 18.4 Å². The number of imidazole rings is 1. The number of ether oxygens (including phenoxy) is 1. The van der Waals surface area contributed by atoms with Crippen molar-refractivity contribution in [2.75, 3.05) is 19.8 Å². The zero-order chi connectivity index (χ0) is 14.5. The second-order valence-electron chi connectivity index (χ2n) is 5.88. The Morgan fingerprint density at radius 2 is 2.29 bits per heavy atom. The molecule has 4 nitrogen and oxygen atoms in total. The number of rotatable bonds is 6. The fourth-order valence-electron chi connectivity index (χ4n) is 3.09. The van der Waals surface area contributed by atoms with Crippen molar-refractivity contribution >= 4 is 11.0 Å². The first-order chi connectivity index (χ1) is 10.4. The van der Waals surface area contributed by atoms with E-state index in [0.29, 0.717) is 5.92 Å². The third-order valence-corrected chi connectivity index (χ3v) is 4.15. The molecule has 4 heteroatoms. The first-order valence-electron chi connectivity index (χ1n) is 8.11. The van der Waals surface area contributed by atoms with Gasteiger partial charge >= 0.3 is 0 Å². The lowest BCUT2D eigenvalue weighted by molar-refractivity contribution is 0.0546. The van der Waals surface area contributed by atoms with Gasteiger partial charge in [-0.15, -0.1) is 0 Å². The molecule has 1 aliphatic heterocycles. The maximum absolute atomic E-state index is 5.53. The molecule has 0 aliphatic carbocycles. The van der Waals surface area contributed by atoms with Crippen LogP contribution < -0.4 is 5.32 Å². The van der Waals surface area contributed by atoms with E-state index in [1.807, 2.05) is 0 Å². The minimum atomic E-state index is 0.655. The average Bonchev–Trinajstić information content (AvgIpc) is 2.87. The molecule has 3 rings (SSSR count). The van der Waals surface area contributed by atoms with Gasteiger partial charge in [-0.25, -0.2) is 4.98 Å². The monoisotopic (exact) mass is 287 g/mol. The van der Waals surface area contributed by atoms with Gasteiger partial charge in [-0.05, 0) is 37.3 Å². The van der Waals surface area contributed by atoms with Crippen LogP contribution in [0.25, 0.3) is 11.0 Å². The van der Waals surface area contributed by atoms with Gasteiger partial charge in [0.15, 0.2) is 0 Å². The molecule has 1 aromatic carbocycles. The fraction of sp³-hybridized carbons (Fsp3) is 0.588. The number of hydrogen-bond donors (Lipinski definition) is 1. The number of para-hydroxylation sites is 2. The number of aromatic nitrogens is 2. The summed E-state index contributed by atoms with van der Waals surface area (Å²) in [6, 6.07) is 8.41. The second-order valence-corrected chi connectivity index (χ2v) is 5.88. The highest BCUT2D eigenvalue weighted by Gasteiger charge is 2.14. The Kier molecular flexibility index (Phi) is 4.88. The largest absolute Gasteiger partial charge is 0.381 e. The van der Waals surface area contributed by atoms with Crippen molar-refractivity contribution < 1.29 is 4.74 Å². The molecule has 0 bridgehead atoms. The Bertz CT molecular complexity index is 572. The standard InChI is InChI=1S/C17H25N3O/c1-2-9-20-16-8-4-3-7-15(16)19-17(20)12-18-11-14-6-5-10-21-13-14/h3-4,7-8,14,18H,2,5-6,9-13H2,1H3. The highest BCUT2D eigenvalue weighted by Crippen LogP contribution is 2.17. The lowest BCUT2D eigenvalue weighted by Gasteiger charge is -2.22. The van der Waals surface area contributed by atoms with Crippen LogP contribution in [0.3, 0.4) is 0 Å². The van der Waals surface area contributed by atoms with Gasteiger partial charge in [0.1, 0.15) is 5.82 Å². The van der Waals surface area contributed by atoms with Crippen LogP contribution >= 0.6 is 0 Å². The van der Waals surface area contributed by atoms with E-state index in [4.69, 9.17) is 9.72 Å². The van der Waals surface area contributed by atoms with Crippen molar-refractivity contribution in [2.45, 2.75) is 39.3 Å². The molecular weight excluding hydrogens is 262 g/mol. The van der Waals surface area contributed by atoms with Gasteiger partial charge in [0.25, 0.3) is 0 Å². The second kappa shape index (κ2) is 7.05. The van der Waals surface area contributed by atoms with E-state index in [-0.39, 0.29) is 0 Å². The molecule has 1 atom stereocenters. The average molecular weight is 287 g/mol. The van der Waals surface area contributed by atoms with Crippen molar-refractivity contribution in [2.24, 2.45) is 5.92 Å². The van der Waals surface area contributed by atoms with E-state index in [9.17, 15) is 0 Å². The van der Waals surface area contributed by atoms with Gasteiger partial charge in [-0.3, -0.25) is 0 Å². The molecule has 0 saturated carbocycles. The molecule has 1 N–H and O–H groups in total. The quantitative estimate of drug-likeness (QED) is 0.888. The zero-order valence-electron chi connectivity index (χ0n) is 12.8. The fourth-order valence-corrected chi connectivity index (χ4v) is 3.09. The smallest absolute Gasteiger partial charge is 0.123 e. The summed E-state index contributed by atoms with van der Waals surface area (Å²) < 4.78 is 7.88. The van der Waals surface area contributed by atoms with Gasteiger partial charge in [0.2, 0.25) is 0 Å². The summed E-state index contributed by atoms with van der Waals surface area (Å²) >= 11 is 0. The van der Waals surface area contributed by atoms with Crippen LogP contribution in [0.2, 0.25) is 0 Å². The van der Waals surface area contributed by atoms with Crippen LogP contribution in [-0.4, -0.2) is 29.3 Å². The zero-order valence-corrected chi connectivity index (χ0v) is 12.8. The molecule has 1 fully saturated rings. The minimum Gasteiger partial charge on any atom is -0.381 e. The summed E-state index contributed by atoms with van der Waals surface area (Å²) in [6.07, 6.45) is 3.60. The Labute approximate surface area is 126 Å². The van der Waals surface area contributed by atoms with Crippen LogP contribution in [0.1, 0.15) is 32.0 Å². The van der Waals surface area contributed by atoms with Gasteiger partial charge in [0, 0.05) is 19.7 Å². The molecule has 114 valence electrons. The van der Waals surface area contributed by atoms with E-state index in [1.54, 1.807) is 0 Å². The van der Waals surface area contributed by atoms with Crippen LogP contribution in [0.4, 0.5) is 0 Å². The van der Waals surface area contributed by atoms with Gasteiger partial charge < -0.3 is 14.6 Å². The first kappa shape index (κ1) is 14.5. The van der Waals surface area contributed by atoms with Gasteiger partial charge in [-0.1, -0.05) is 19.1 Å². The van der Waals surface area contributed by atoms with E-state index >= 15 is 0 Å². The van der Waals surface area contributed by atoms with Gasteiger partial charge in [-0.2, -0.15) is 0 Å². The highest BCUT2D eigenvalue weighted by atomic mass is 16.5. The molecular formula is C17H25N3O. The van der Waals surface area contributed by atoms with Crippen LogP contribution in [0, 0.1) is 5.92 Å². The number of nitrogens with one attached hydrogen (secondary N) is 1. The number of aryl methyl sites for hydroxylation is 1. The minimum absolute atomic E-state index is 0.655. The maximum Gasteiger partial charge on any atom is 0.123 e. The van der Waals surface area contributed by atoms with E-state index in [2.05, 4.69) is 41.1 Å². The summed E-state index contributed by atoms with van der Waals surface area (Å²) in [5, 5.41) is 3.57. The number of nitrogens with zero attached hydrogens (tertiary/aromatic N) is 2. The summed E-state index contributed by atoms with van der Waals surface area (Å²) in [6.45, 7) is 6.94. The molecule has 21 heavy (non-hydrogen) atoms. The van der Waals surface area contributed by atoms with E-state index in [0.717, 1.165) is 50.6 Å². The molecule has 0 radical (unpaired) electrons. The number of fused-ring (bicyclic) bond motifs is 1. The molecule has 1 aliphatic rings. The molecule has 1 unspecified atom stereocenters. The normalized spacial score (nSPS) is 19.2. The summed E-state index contributed by atoms with van der Waals surface area (Å²) in [7, 11) is 0. The van der Waals surface area contributed by atoms with Crippen molar-refractivity contribution in [3.8, 4) is 0 Å². The third-order valence-electron chi connectivity index (χ3n) is 4.15. The molecule has 0 amide bonds. The van der Waals surface area contributed by atoms with Crippen LogP contribution in [0.15, 0.2) is 24.3 Å². The van der Waals surface area contributed by atoms with Crippen molar-refractivity contribution in [3.05, 3.63) is 30.1 Å². The SMILES string of the molecule is CCCn1c(CNCC2CCCOC2)nc2ccccc21. The summed E-state index contributed by atoms with van der Waals surface area (Å²) in [5.74, 6) is 1.80. The lowest BCUT2D eigenvalue weighted by atomic mass is 10.0. The van der Waals surface area contributed by atoms with Crippen molar-refractivity contribution in [1.82, 2.24) is 14.9 Å². The highest BCUT2D eigenvalue weighted by molar-refractivity contribution is 5.75. The maximum atomic E-state index is 5.53. The Morgan fingerprint density at radius 1 is 1.38 bits per heavy atom. The topological polar surface area (TPSA) is 39.1 Å². The summed E-state index contributed by atoms with van der Waals surface area (Å²) in [5.41, 5.74) is 2.35. The Morgan fingerprint density at radius 3 is 3.10 bits per heavy atom. The van der Waals surface area contributed by atoms with E-state index < -0.39 is 0 Å². The molecule has 1 saturated heterocycles. The molecule has 0 spiro atoms. The molecule has 2 aromatic rings.